The largest absolute Gasteiger partial charge is 0.357 e. The van der Waals surface area contributed by atoms with Crippen molar-refractivity contribution in [1.82, 2.24) is 20.0 Å². The molecule has 2 heterocycles. The Bertz CT molecular complexity index is 416. The second-order valence-electron chi connectivity index (χ2n) is 8.68. The van der Waals surface area contributed by atoms with Crippen LogP contribution in [0.5, 0.6) is 0 Å². The molecule has 0 radical (unpaired) electrons. The quantitative estimate of drug-likeness (QED) is 0.385. The third-order valence-electron chi connectivity index (χ3n) is 5.52. The van der Waals surface area contributed by atoms with E-state index in [1.54, 1.807) is 0 Å². The van der Waals surface area contributed by atoms with Crippen LogP contribution < -0.4 is 5.32 Å². The zero-order valence-corrected chi connectivity index (χ0v) is 19.5. The van der Waals surface area contributed by atoms with E-state index < -0.39 is 0 Å². The van der Waals surface area contributed by atoms with Gasteiger partial charge in [-0.05, 0) is 31.7 Å². The summed E-state index contributed by atoms with van der Waals surface area (Å²) in [6.07, 6.45) is 1.25. The van der Waals surface area contributed by atoms with Crippen LogP contribution in [0, 0.1) is 11.3 Å². The molecular formula is C19H40IN5. The predicted molar refractivity (Wildman–Crippen MR) is 119 cm³/mol. The van der Waals surface area contributed by atoms with Gasteiger partial charge in [-0.15, -0.1) is 24.0 Å². The molecule has 2 saturated heterocycles. The first-order chi connectivity index (χ1) is 11.3. The van der Waals surface area contributed by atoms with Crippen LogP contribution in [0.15, 0.2) is 4.99 Å². The molecule has 5 nitrogen and oxygen atoms in total. The van der Waals surface area contributed by atoms with Crippen molar-refractivity contribution in [3.05, 3.63) is 0 Å². The molecule has 6 heteroatoms. The van der Waals surface area contributed by atoms with Gasteiger partial charge in [-0.3, -0.25) is 9.89 Å². The van der Waals surface area contributed by atoms with Gasteiger partial charge in [0.2, 0.25) is 0 Å². The van der Waals surface area contributed by atoms with Crippen LogP contribution in [0.2, 0.25) is 0 Å². The second kappa shape index (κ2) is 10.3. The van der Waals surface area contributed by atoms with Gasteiger partial charge in [0.15, 0.2) is 5.96 Å². The van der Waals surface area contributed by atoms with E-state index in [1.165, 1.54) is 32.6 Å². The number of hydrogen-bond donors (Lipinski definition) is 1. The maximum absolute atomic E-state index is 5.05. The molecule has 0 spiro atoms. The summed E-state index contributed by atoms with van der Waals surface area (Å²) in [4.78, 5) is 12.6. The van der Waals surface area contributed by atoms with E-state index in [0.717, 1.165) is 32.1 Å². The highest BCUT2D eigenvalue weighted by Gasteiger charge is 2.31. The number of halogens is 1. The number of nitrogens with one attached hydrogen (secondary N) is 1. The van der Waals surface area contributed by atoms with Gasteiger partial charge in [-0.1, -0.05) is 27.7 Å². The van der Waals surface area contributed by atoms with Crippen molar-refractivity contribution < 1.29 is 0 Å². The molecule has 0 aliphatic carbocycles. The number of nitrogens with zero attached hydrogens (tertiary/aromatic N) is 4. The molecule has 0 bridgehead atoms. The summed E-state index contributed by atoms with van der Waals surface area (Å²) in [5.41, 5.74) is 0.408. The van der Waals surface area contributed by atoms with Crippen LogP contribution in [-0.2, 0) is 0 Å². The lowest BCUT2D eigenvalue weighted by atomic mass is 9.93. The van der Waals surface area contributed by atoms with Crippen LogP contribution in [0.1, 0.15) is 41.0 Å². The molecule has 1 N–H and O–H groups in total. The van der Waals surface area contributed by atoms with E-state index in [2.05, 4.69) is 61.7 Å². The summed E-state index contributed by atoms with van der Waals surface area (Å²) >= 11 is 0. The Morgan fingerprint density at radius 1 is 1.12 bits per heavy atom. The maximum Gasteiger partial charge on any atom is 0.193 e. The van der Waals surface area contributed by atoms with E-state index in [0.29, 0.717) is 17.4 Å². The molecule has 0 amide bonds. The Labute approximate surface area is 172 Å². The highest BCUT2D eigenvalue weighted by molar-refractivity contribution is 14.0. The smallest absolute Gasteiger partial charge is 0.193 e. The summed E-state index contributed by atoms with van der Waals surface area (Å²) in [5.74, 6) is 1.75. The molecule has 2 aliphatic heterocycles. The highest BCUT2D eigenvalue weighted by Crippen LogP contribution is 2.28. The van der Waals surface area contributed by atoms with Crippen molar-refractivity contribution in [1.29, 1.82) is 0 Å². The van der Waals surface area contributed by atoms with Gasteiger partial charge in [-0.2, -0.15) is 0 Å². The zero-order chi connectivity index (χ0) is 17.7. The Morgan fingerprint density at radius 2 is 1.76 bits per heavy atom. The maximum atomic E-state index is 5.05. The number of likely N-dealkylation sites (tertiary alicyclic amines) is 1. The van der Waals surface area contributed by atoms with E-state index in [9.17, 15) is 0 Å². The molecule has 0 saturated carbocycles. The lowest BCUT2D eigenvalue weighted by molar-refractivity contribution is 0.0924. The van der Waals surface area contributed by atoms with E-state index in [4.69, 9.17) is 4.99 Å². The first-order valence-corrected chi connectivity index (χ1v) is 9.78. The molecule has 25 heavy (non-hydrogen) atoms. The van der Waals surface area contributed by atoms with Gasteiger partial charge in [0.1, 0.15) is 0 Å². The van der Waals surface area contributed by atoms with Gasteiger partial charge < -0.3 is 15.1 Å². The molecule has 148 valence electrons. The lowest BCUT2D eigenvalue weighted by Crippen LogP contribution is -2.52. The van der Waals surface area contributed by atoms with Crippen molar-refractivity contribution in [2.45, 2.75) is 47.1 Å². The fourth-order valence-corrected chi connectivity index (χ4v) is 3.80. The minimum atomic E-state index is 0. The third-order valence-corrected chi connectivity index (χ3v) is 5.52. The number of piperazine rings is 1. The standard InChI is InChI=1S/C19H39N5.HI/c1-7-20-18(24-9-8-19(4,5)15-24)21-14-17(16(2)3)23-12-10-22(6)11-13-23;/h16-17H,7-15H2,1-6H3,(H,20,21);1H. The van der Waals surface area contributed by atoms with E-state index >= 15 is 0 Å². The molecule has 0 aromatic carbocycles. The second-order valence-corrected chi connectivity index (χ2v) is 8.68. The Balaban J connectivity index is 0.00000312. The lowest BCUT2D eigenvalue weighted by Gasteiger charge is -2.39. The highest BCUT2D eigenvalue weighted by atomic mass is 127. The first kappa shape index (κ1) is 23.0. The Kier molecular flexibility index (Phi) is 9.46. The number of rotatable bonds is 5. The minimum absolute atomic E-state index is 0. The topological polar surface area (TPSA) is 34.1 Å². The normalized spacial score (nSPS) is 23.6. The van der Waals surface area contributed by atoms with Crippen LogP contribution in [0.3, 0.4) is 0 Å². The molecule has 2 rings (SSSR count). The monoisotopic (exact) mass is 465 g/mol. The molecule has 0 aromatic rings. The molecule has 1 atom stereocenters. The summed E-state index contributed by atoms with van der Waals surface area (Å²) in [6.45, 7) is 20.3. The molecule has 0 aromatic heterocycles. The molecule has 2 fully saturated rings. The van der Waals surface area contributed by atoms with Gasteiger partial charge >= 0.3 is 0 Å². The summed E-state index contributed by atoms with van der Waals surface area (Å²) < 4.78 is 0. The predicted octanol–water partition coefficient (Wildman–Crippen LogP) is 2.57. The van der Waals surface area contributed by atoms with Crippen LogP contribution >= 0.6 is 24.0 Å². The number of aliphatic imine (C=N–C) groups is 1. The van der Waals surface area contributed by atoms with Gasteiger partial charge in [0, 0.05) is 51.9 Å². The average Bonchev–Trinajstić information content (AvgIpc) is 2.88. The summed E-state index contributed by atoms with van der Waals surface area (Å²) in [7, 11) is 2.22. The number of likely N-dealkylation sites (N-methyl/N-ethyl adjacent to an activating group) is 1. The van der Waals surface area contributed by atoms with Gasteiger partial charge in [-0.25, -0.2) is 0 Å². The van der Waals surface area contributed by atoms with Gasteiger partial charge in [0.05, 0.1) is 6.54 Å². The van der Waals surface area contributed by atoms with Crippen molar-refractivity contribution in [3.8, 4) is 0 Å². The van der Waals surface area contributed by atoms with E-state index in [-0.39, 0.29) is 24.0 Å². The third kappa shape index (κ3) is 6.86. The molecular weight excluding hydrogens is 425 g/mol. The van der Waals surface area contributed by atoms with Crippen LogP contribution in [-0.4, -0.2) is 86.1 Å². The molecule has 2 aliphatic rings. The van der Waals surface area contributed by atoms with Crippen LogP contribution in [0.25, 0.3) is 0 Å². The number of guanidine groups is 1. The Hall–Kier alpha value is -0.0800. The summed E-state index contributed by atoms with van der Waals surface area (Å²) in [5, 5.41) is 3.52. The van der Waals surface area contributed by atoms with Crippen molar-refractivity contribution >= 4 is 29.9 Å². The Morgan fingerprint density at radius 3 is 2.24 bits per heavy atom. The number of hydrogen-bond acceptors (Lipinski definition) is 3. The van der Waals surface area contributed by atoms with Crippen molar-refractivity contribution in [3.63, 3.8) is 0 Å². The van der Waals surface area contributed by atoms with E-state index in [1.807, 2.05) is 0 Å². The van der Waals surface area contributed by atoms with Crippen LogP contribution in [0.4, 0.5) is 0 Å². The average molecular weight is 465 g/mol. The fraction of sp³-hybridized carbons (Fsp3) is 0.947. The van der Waals surface area contributed by atoms with Crippen molar-refractivity contribution in [2.24, 2.45) is 16.3 Å². The SMILES string of the molecule is CCNC(=NCC(C(C)C)N1CCN(C)CC1)N1CCC(C)(C)C1.I. The summed E-state index contributed by atoms with van der Waals surface area (Å²) in [6, 6.07) is 0.544. The zero-order valence-electron chi connectivity index (χ0n) is 17.2. The first-order valence-electron chi connectivity index (χ1n) is 9.78. The van der Waals surface area contributed by atoms with Gasteiger partial charge in [0.25, 0.3) is 0 Å². The van der Waals surface area contributed by atoms with Crippen molar-refractivity contribution in [2.75, 3.05) is 59.4 Å². The fourth-order valence-electron chi connectivity index (χ4n) is 3.80. The molecule has 1 unspecified atom stereocenters. The minimum Gasteiger partial charge on any atom is -0.357 e.